The summed E-state index contributed by atoms with van der Waals surface area (Å²) in [6, 6.07) is 5.81. The minimum absolute atomic E-state index is 0.117. The lowest BCUT2D eigenvalue weighted by Crippen LogP contribution is -2.26. The number of benzene rings is 1. The van der Waals surface area contributed by atoms with Crippen LogP contribution in [0, 0.1) is 18.8 Å². The highest BCUT2D eigenvalue weighted by molar-refractivity contribution is 5.96. The highest BCUT2D eigenvalue weighted by Gasteiger charge is 2.35. The predicted octanol–water partition coefficient (Wildman–Crippen LogP) is 4.16. The van der Waals surface area contributed by atoms with Crippen LogP contribution in [0.2, 0.25) is 0 Å². The number of ether oxygens (including phenoxy) is 1. The Morgan fingerprint density at radius 2 is 1.84 bits per heavy atom. The van der Waals surface area contributed by atoms with Gasteiger partial charge in [-0.2, -0.15) is 0 Å². The Bertz CT molecular complexity index is 480. The maximum atomic E-state index is 11.6. The molecule has 2 bridgehead atoms. The fraction of sp³-hybridized carbons (Fsp3) is 0.588. The van der Waals surface area contributed by atoms with Crippen molar-refractivity contribution < 1.29 is 9.53 Å². The molecule has 2 aliphatic rings. The first-order chi connectivity index (χ1) is 9.13. The predicted molar refractivity (Wildman–Crippen MR) is 75.7 cm³/mol. The van der Waals surface area contributed by atoms with Gasteiger partial charge in [-0.05, 0) is 51.0 Å². The number of carbonyl (C=O) groups is 1. The van der Waals surface area contributed by atoms with E-state index in [9.17, 15) is 4.79 Å². The molecule has 0 heterocycles. The summed E-state index contributed by atoms with van der Waals surface area (Å²) in [5.74, 6) is 2.77. The molecule has 0 N–H and O–H groups in total. The van der Waals surface area contributed by atoms with Crippen molar-refractivity contribution in [1.82, 2.24) is 0 Å². The zero-order valence-corrected chi connectivity index (χ0v) is 11.8. The van der Waals surface area contributed by atoms with Crippen molar-refractivity contribution in [3.8, 4) is 5.75 Å². The minimum atomic E-state index is 0.117. The molecule has 0 spiro atoms. The van der Waals surface area contributed by atoms with Crippen molar-refractivity contribution in [3.05, 3.63) is 29.3 Å². The monoisotopic (exact) mass is 258 g/mol. The highest BCUT2D eigenvalue weighted by Crippen LogP contribution is 2.43. The Hall–Kier alpha value is -1.31. The van der Waals surface area contributed by atoms with Crippen molar-refractivity contribution in [1.29, 1.82) is 0 Å². The Morgan fingerprint density at radius 3 is 2.47 bits per heavy atom. The number of rotatable bonds is 3. The van der Waals surface area contributed by atoms with Gasteiger partial charge in [0.2, 0.25) is 0 Å². The summed E-state index contributed by atoms with van der Waals surface area (Å²) in [5.41, 5.74) is 1.78. The second kappa shape index (κ2) is 4.99. The Kier molecular flexibility index (Phi) is 3.34. The first-order valence-corrected chi connectivity index (χ1v) is 7.40. The summed E-state index contributed by atoms with van der Waals surface area (Å²) in [4.78, 5) is 11.6. The fourth-order valence-corrected chi connectivity index (χ4v) is 3.85. The zero-order valence-electron chi connectivity index (χ0n) is 11.8. The number of hydrogen-bond acceptors (Lipinski definition) is 2. The maximum absolute atomic E-state index is 11.6. The third kappa shape index (κ3) is 2.54. The summed E-state index contributed by atoms with van der Waals surface area (Å²) in [5, 5.41) is 0. The van der Waals surface area contributed by atoms with Crippen LogP contribution in [0.3, 0.4) is 0 Å². The van der Waals surface area contributed by atoms with Crippen molar-refractivity contribution in [2.45, 2.75) is 52.1 Å². The fourth-order valence-electron chi connectivity index (χ4n) is 3.85. The molecule has 102 valence electrons. The quantitative estimate of drug-likeness (QED) is 0.761. The van der Waals surface area contributed by atoms with Gasteiger partial charge in [0.25, 0.3) is 0 Å². The van der Waals surface area contributed by atoms with E-state index in [1.165, 1.54) is 32.1 Å². The minimum Gasteiger partial charge on any atom is -0.490 e. The van der Waals surface area contributed by atoms with E-state index < -0.39 is 0 Å². The lowest BCUT2D eigenvalue weighted by Gasteiger charge is -2.29. The van der Waals surface area contributed by atoms with Gasteiger partial charge in [-0.3, -0.25) is 4.79 Å². The van der Waals surface area contributed by atoms with E-state index in [1.54, 1.807) is 6.92 Å². The summed E-state index contributed by atoms with van der Waals surface area (Å²) in [6.45, 7) is 3.61. The van der Waals surface area contributed by atoms with Gasteiger partial charge >= 0.3 is 0 Å². The maximum Gasteiger partial charge on any atom is 0.160 e. The van der Waals surface area contributed by atoms with E-state index in [0.717, 1.165) is 28.7 Å². The molecule has 3 rings (SSSR count). The van der Waals surface area contributed by atoms with E-state index in [-0.39, 0.29) is 5.78 Å². The summed E-state index contributed by atoms with van der Waals surface area (Å²) in [7, 11) is 0. The number of Topliss-reactive ketones (excluding diaryl/α,β-unsaturated/α-hetero) is 1. The summed E-state index contributed by atoms with van der Waals surface area (Å²) in [6.07, 6.45) is 6.92. The standard InChI is InChI=1S/C17H22O2/c1-11-16(12(2)18)4-3-5-17(11)19-15-9-13-6-7-14(8-13)10-15/h3-5,13-15H,6-10H2,1-2H3/t13-,14+,15?. The van der Waals surface area contributed by atoms with E-state index in [4.69, 9.17) is 4.74 Å². The Balaban J connectivity index is 1.76. The molecule has 19 heavy (non-hydrogen) atoms. The molecular weight excluding hydrogens is 236 g/mol. The molecule has 2 nitrogen and oxygen atoms in total. The average molecular weight is 258 g/mol. The van der Waals surface area contributed by atoms with Gasteiger partial charge in [0.15, 0.2) is 5.78 Å². The van der Waals surface area contributed by atoms with E-state index in [2.05, 4.69) is 0 Å². The molecular formula is C17H22O2. The highest BCUT2D eigenvalue weighted by atomic mass is 16.5. The van der Waals surface area contributed by atoms with E-state index >= 15 is 0 Å². The van der Waals surface area contributed by atoms with Crippen molar-refractivity contribution in [2.24, 2.45) is 11.8 Å². The molecule has 0 radical (unpaired) electrons. The van der Waals surface area contributed by atoms with Crippen LogP contribution in [-0.2, 0) is 0 Å². The first kappa shape index (κ1) is 12.7. The molecule has 2 aliphatic carbocycles. The van der Waals surface area contributed by atoms with Gasteiger partial charge in [-0.15, -0.1) is 0 Å². The van der Waals surface area contributed by atoms with Crippen LogP contribution in [0.4, 0.5) is 0 Å². The molecule has 0 amide bonds. The van der Waals surface area contributed by atoms with Crippen LogP contribution in [0.5, 0.6) is 5.75 Å². The molecule has 2 fully saturated rings. The van der Waals surface area contributed by atoms with Crippen LogP contribution in [0.1, 0.15) is 54.9 Å². The average Bonchev–Trinajstić information content (AvgIpc) is 2.71. The molecule has 1 aromatic rings. The van der Waals surface area contributed by atoms with Crippen molar-refractivity contribution >= 4 is 5.78 Å². The second-order valence-corrected chi connectivity index (χ2v) is 6.24. The Morgan fingerprint density at radius 1 is 1.16 bits per heavy atom. The SMILES string of the molecule is CC(=O)c1cccc(OC2C[C@H]3CC[C@@H](C2)C3)c1C. The smallest absolute Gasteiger partial charge is 0.160 e. The first-order valence-electron chi connectivity index (χ1n) is 7.40. The molecule has 3 atom stereocenters. The van der Waals surface area contributed by atoms with Crippen LogP contribution < -0.4 is 4.74 Å². The van der Waals surface area contributed by atoms with Crippen LogP contribution in [0.25, 0.3) is 0 Å². The van der Waals surface area contributed by atoms with Crippen molar-refractivity contribution in [2.75, 3.05) is 0 Å². The van der Waals surface area contributed by atoms with Crippen LogP contribution >= 0.6 is 0 Å². The Labute approximate surface area is 115 Å². The van der Waals surface area contributed by atoms with Crippen LogP contribution in [0.15, 0.2) is 18.2 Å². The third-order valence-electron chi connectivity index (χ3n) is 4.80. The lowest BCUT2D eigenvalue weighted by molar-refractivity contribution is 0.101. The summed E-state index contributed by atoms with van der Waals surface area (Å²) >= 11 is 0. The molecule has 0 aromatic heterocycles. The van der Waals surface area contributed by atoms with Crippen LogP contribution in [-0.4, -0.2) is 11.9 Å². The molecule has 2 saturated carbocycles. The normalized spacial score (nSPS) is 29.3. The molecule has 1 aromatic carbocycles. The van der Waals surface area contributed by atoms with Gasteiger partial charge in [0.1, 0.15) is 5.75 Å². The molecule has 0 saturated heterocycles. The third-order valence-corrected chi connectivity index (χ3v) is 4.80. The van der Waals surface area contributed by atoms with Gasteiger partial charge < -0.3 is 4.74 Å². The number of ketones is 1. The number of carbonyl (C=O) groups excluding carboxylic acids is 1. The largest absolute Gasteiger partial charge is 0.490 e. The topological polar surface area (TPSA) is 26.3 Å². The van der Waals surface area contributed by atoms with Crippen molar-refractivity contribution in [3.63, 3.8) is 0 Å². The van der Waals surface area contributed by atoms with Gasteiger partial charge in [-0.25, -0.2) is 0 Å². The number of fused-ring (bicyclic) bond motifs is 2. The lowest BCUT2D eigenvalue weighted by atomic mass is 9.87. The number of hydrogen-bond donors (Lipinski definition) is 0. The van der Waals surface area contributed by atoms with E-state index in [1.807, 2.05) is 25.1 Å². The molecule has 1 unspecified atom stereocenters. The molecule has 0 aliphatic heterocycles. The second-order valence-electron chi connectivity index (χ2n) is 6.24. The van der Waals surface area contributed by atoms with Gasteiger partial charge in [-0.1, -0.05) is 25.0 Å². The molecule has 2 heteroatoms. The van der Waals surface area contributed by atoms with E-state index in [0.29, 0.717) is 6.10 Å². The zero-order chi connectivity index (χ0) is 13.4. The van der Waals surface area contributed by atoms with Gasteiger partial charge in [0.05, 0.1) is 6.10 Å². The summed E-state index contributed by atoms with van der Waals surface area (Å²) < 4.78 is 6.21. The van der Waals surface area contributed by atoms with Gasteiger partial charge in [0, 0.05) is 11.1 Å².